The lowest BCUT2D eigenvalue weighted by Gasteiger charge is -2.01. The van der Waals surface area contributed by atoms with E-state index in [1.807, 2.05) is 25.5 Å². The van der Waals surface area contributed by atoms with Gasteiger partial charge in [0.2, 0.25) is 0 Å². The number of rotatable bonds is 5. The lowest BCUT2D eigenvalue weighted by Crippen LogP contribution is -2.11. The van der Waals surface area contributed by atoms with Crippen molar-refractivity contribution in [1.82, 2.24) is 24.8 Å². The Morgan fingerprint density at radius 1 is 1.50 bits per heavy atom. The van der Waals surface area contributed by atoms with Crippen LogP contribution in [0.2, 0.25) is 0 Å². The average molecular weight is 221 g/mol. The molecule has 0 unspecified atom stereocenters. The van der Waals surface area contributed by atoms with Gasteiger partial charge in [0.05, 0.1) is 12.2 Å². The summed E-state index contributed by atoms with van der Waals surface area (Å²) in [6, 6.07) is 1.92. The van der Waals surface area contributed by atoms with Crippen LogP contribution in [0.5, 0.6) is 0 Å². The summed E-state index contributed by atoms with van der Waals surface area (Å²) >= 11 is 0. The van der Waals surface area contributed by atoms with E-state index in [0.29, 0.717) is 6.54 Å². The van der Waals surface area contributed by atoms with Crippen LogP contribution in [-0.2, 0) is 20.1 Å². The fourth-order valence-electron chi connectivity index (χ4n) is 1.35. The maximum absolute atomic E-state index is 5.44. The first-order chi connectivity index (χ1) is 7.78. The molecule has 0 saturated carbocycles. The highest BCUT2D eigenvalue weighted by Crippen LogP contribution is 2.00. The number of aryl methyl sites for hydroxylation is 1. The van der Waals surface area contributed by atoms with Gasteiger partial charge >= 0.3 is 0 Å². The van der Waals surface area contributed by atoms with Gasteiger partial charge < -0.3 is 11.1 Å². The fourth-order valence-corrected chi connectivity index (χ4v) is 1.35. The molecule has 16 heavy (non-hydrogen) atoms. The molecule has 86 valence electrons. The van der Waals surface area contributed by atoms with Crippen molar-refractivity contribution in [1.29, 1.82) is 0 Å². The molecule has 0 bridgehead atoms. The lowest BCUT2D eigenvalue weighted by molar-refractivity contribution is 0.607. The van der Waals surface area contributed by atoms with E-state index in [1.165, 1.54) is 0 Å². The molecule has 0 aliphatic carbocycles. The fraction of sp³-hybridized carbons (Fsp3) is 0.444. The molecule has 7 heteroatoms. The predicted molar refractivity (Wildman–Crippen MR) is 59.6 cm³/mol. The van der Waals surface area contributed by atoms with E-state index < -0.39 is 0 Å². The SMILES string of the molecule is Cn1ccc(NCCn2cc(CN)nn2)n1. The van der Waals surface area contributed by atoms with Crippen LogP contribution in [0.25, 0.3) is 0 Å². The van der Waals surface area contributed by atoms with Gasteiger partial charge in [-0.3, -0.25) is 9.36 Å². The molecule has 0 fully saturated rings. The van der Waals surface area contributed by atoms with Crippen molar-refractivity contribution >= 4 is 5.82 Å². The number of hydrogen-bond acceptors (Lipinski definition) is 5. The molecular weight excluding hydrogens is 206 g/mol. The molecule has 0 spiro atoms. The summed E-state index contributed by atoms with van der Waals surface area (Å²) in [6.45, 7) is 1.92. The Balaban J connectivity index is 1.79. The standard InChI is InChI=1S/C9H15N7/c1-15-4-2-9(13-15)11-3-5-16-7-8(6-10)12-14-16/h2,4,7H,3,5-6,10H2,1H3,(H,11,13). The Bertz CT molecular complexity index is 444. The van der Waals surface area contributed by atoms with Crippen LogP contribution in [0.4, 0.5) is 5.82 Å². The maximum atomic E-state index is 5.44. The largest absolute Gasteiger partial charge is 0.367 e. The van der Waals surface area contributed by atoms with E-state index in [-0.39, 0.29) is 0 Å². The quantitative estimate of drug-likeness (QED) is 0.716. The highest BCUT2D eigenvalue weighted by molar-refractivity contribution is 5.31. The molecular formula is C9H15N7. The van der Waals surface area contributed by atoms with Crippen molar-refractivity contribution in [3.63, 3.8) is 0 Å². The second-order valence-corrected chi connectivity index (χ2v) is 3.48. The van der Waals surface area contributed by atoms with Gasteiger partial charge in [0, 0.05) is 38.6 Å². The minimum Gasteiger partial charge on any atom is -0.367 e. The molecule has 0 aliphatic heterocycles. The van der Waals surface area contributed by atoms with Crippen molar-refractivity contribution < 1.29 is 0 Å². The molecule has 2 aromatic rings. The zero-order valence-corrected chi connectivity index (χ0v) is 9.17. The second kappa shape index (κ2) is 4.75. The molecule has 3 N–H and O–H groups in total. The van der Waals surface area contributed by atoms with Gasteiger partial charge in [-0.25, -0.2) is 0 Å². The molecule has 0 atom stereocenters. The Labute approximate surface area is 93.2 Å². The van der Waals surface area contributed by atoms with E-state index in [1.54, 1.807) is 9.36 Å². The first kappa shape index (κ1) is 10.6. The van der Waals surface area contributed by atoms with Gasteiger partial charge in [0.15, 0.2) is 0 Å². The summed E-state index contributed by atoms with van der Waals surface area (Å²) in [5.74, 6) is 0.863. The summed E-state index contributed by atoms with van der Waals surface area (Å²) in [4.78, 5) is 0. The van der Waals surface area contributed by atoms with Crippen LogP contribution in [0.15, 0.2) is 18.5 Å². The minimum absolute atomic E-state index is 0.424. The first-order valence-corrected chi connectivity index (χ1v) is 5.10. The summed E-state index contributed by atoms with van der Waals surface area (Å²) in [6.07, 6.45) is 3.74. The summed E-state index contributed by atoms with van der Waals surface area (Å²) in [5, 5.41) is 15.2. The van der Waals surface area contributed by atoms with Gasteiger partial charge in [-0.05, 0) is 0 Å². The topological polar surface area (TPSA) is 86.6 Å². The van der Waals surface area contributed by atoms with Gasteiger partial charge in [0.1, 0.15) is 5.82 Å². The van der Waals surface area contributed by atoms with Crippen molar-refractivity contribution in [3.05, 3.63) is 24.2 Å². The molecule has 0 aliphatic rings. The van der Waals surface area contributed by atoms with E-state index >= 15 is 0 Å². The van der Waals surface area contributed by atoms with Crippen LogP contribution in [0, 0.1) is 0 Å². The number of nitrogens with zero attached hydrogens (tertiary/aromatic N) is 5. The van der Waals surface area contributed by atoms with Crippen LogP contribution >= 0.6 is 0 Å². The normalized spacial score (nSPS) is 10.6. The number of anilines is 1. The molecule has 2 heterocycles. The van der Waals surface area contributed by atoms with E-state index in [2.05, 4.69) is 20.7 Å². The average Bonchev–Trinajstić information content (AvgIpc) is 2.88. The third kappa shape index (κ3) is 2.57. The highest BCUT2D eigenvalue weighted by Gasteiger charge is 1.99. The molecule has 0 aromatic carbocycles. The Hall–Kier alpha value is -1.89. The van der Waals surface area contributed by atoms with Gasteiger partial charge in [-0.1, -0.05) is 5.21 Å². The van der Waals surface area contributed by atoms with Crippen LogP contribution in [0.1, 0.15) is 5.69 Å². The van der Waals surface area contributed by atoms with Crippen molar-refractivity contribution in [2.45, 2.75) is 13.1 Å². The van der Waals surface area contributed by atoms with Crippen LogP contribution in [-0.4, -0.2) is 31.3 Å². The molecule has 2 aromatic heterocycles. The summed E-state index contributed by atoms with van der Waals surface area (Å²) < 4.78 is 3.52. The van der Waals surface area contributed by atoms with Gasteiger partial charge in [0.25, 0.3) is 0 Å². The molecule has 2 rings (SSSR count). The van der Waals surface area contributed by atoms with Gasteiger partial charge in [-0.2, -0.15) is 5.10 Å². The summed E-state index contributed by atoms with van der Waals surface area (Å²) in [7, 11) is 1.89. The number of nitrogens with two attached hydrogens (primary N) is 1. The smallest absolute Gasteiger partial charge is 0.148 e. The van der Waals surface area contributed by atoms with Crippen molar-refractivity contribution in [3.8, 4) is 0 Å². The molecule has 7 nitrogen and oxygen atoms in total. The monoisotopic (exact) mass is 221 g/mol. The van der Waals surface area contributed by atoms with E-state index in [0.717, 1.165) is 24.6 Å². The molecule has 0 amide bonds. The van der Waals surface area contributed by atoms with Crippen LogP contribution in [0.3, 0.4) is 0 Å². The first-order valence-electron chi connectivity index (χ1n) is 5.10. The Morgan fingerprint density at radius 3 is 3.00 bits per heavy atom. The lowest BCUT2D eigenvalue weighted by atomic mass is 10.5. The minimum atomic E-state index is 0.424. The number of aromatic nitrogens is 5. The Morgan fingerprint density at radius 2 is 2.38 bits per heavy atom. The van der Waals surface area contributed by atoms with Crippen LogP contribution < -0.4 is 11.1 Å². The zero-order valence-electron chi connectivity index (χ0n) is 9.17. The molecule has 0 radical (unpaired) electrons. The summed E-state index contributed by atoms with van der Waals surface area (Å²) in [5.41, 5.74) is 6.24. The number of nitrogens with one attached hydrogen (secondary N) is 1. The van der Waals surface area contributed by atoms with Gasteiger partial charge in [-0.15, -0.1) is 5.10 Å². The van der Waals surface area contributed by atoms with E-state index in [4.69, 9.17) is 5.73 Å². The molecule has 0 saturated heterocycles. The third-order valence-corrected chi connectivity index (χ3v) is 2.16. The third-order valence-electron chi connectivity index (χ3n) is 2.16. The highest BCUT2D eigenvalue weighted by atomic mass is 15.4. The predicted octanol–water partition coefficient (Wildman–Crippen LogP) is -0.418. The second-order valence-electron chi connectivity index (χ2n) is 3.48. The van der Waals surface area contributed by atoms with Crippen molar-refractivity contribution in [2.24, 2.45) is 12.8 Å². The maximum Gasteiger partial charge on any atom is 0.148 e. The van der Waals surface area contributed by atoms with Crippen molar-refractivity contribution in [2.75, 3.05) is 11.9 Å². The zero-order chi connectivity index (χ0) is 11.4. The Kier molecular flexibility index (Phi) is 3.16. The number of hydrogen-bond donors (Lipinski definition) is 2. The van der Waals surface area contributed by atoms with E-state index in [9.17, 15) is 0 Å².